The van der Waals surface area contributed by atoms with Crippen molar-refractivity contribution in [2.75, 3.05) is 23.7 Å². The highest BCUT2D eigenvalue weighted by atomic mass is 32.2. The fraction of sp³-hybridized carbons (Fsp3) is 0.394. The standard InChI is InChI=1S/C33H42FN3O4S/c1-24(2)22-35-33(39)31(21-27-10-7-6-8-11-27)36(23-28-14-16-29(34)17-15-28)32(38)12-9-19-37(42(5,40)41)30-18-13-25(3)26(4)20-30/h6-8,10-11,13-18,20,24,31H,9,12,19,21-23H2,1-5H3,(H,35,39)/t31-/m1/s1. The molecule has 9 heteroatoms. The minimum absolute atomic E-state index is 0.0286. The van der Waals surface area contributed by atoms with Crippen LogP contribution in [-0.2, 0) is 32.6 Å². The molecule has 2 amide bonds. The summed E-state index contributed by atoms with van der Waals surface area (Å²) in [7, 11) is -3.60. The zero-order valence-corrected chi connectivity index (χ0v) is 26.0. The van der Waals surface area contributed by atoms with E-state index >= 15 is 0 Å². The minimum atomic E-state index is -3.60. The number of sulfonamides is 1. The maximum Gasteiger partial charge on any atom is 0.243 e. The van der Waals surface area contributed by atoms with Crippen molar-refractivity contribution in [3.05, 3.63) is 101 Å². The van der Waals surface area contributed by atoms with Gasteiger partial charge in [0, 0.05) is 32.5 Å². The molecule has 0 aromatic heterocycles. The Balaban J connectivity index is 1.88. The average Bonchev–Trinajstić information content (AvgIpc) is 2.94. The predicted octanol–water partition coefficient (Wildman–Crippen LogP) is 5.40. The van der Waals surface area contributed by atoms with Gasteiger partial charge in [0.1, 0.15) is 11.9 Å². The van der Waals surface area contributed by atoms with E-state index in [2.05, 4.69) is 5.32 Å². The molecule has 7 nitrogen and oxygen atoms in total. The lowest BCUT2D eigenvalue weighted by molar-refractivity contribution is -0.141. The van der Waals surface area contributed by atoms with Gasteiger partial charge in [0.15, 0.2) is 0 Å². The van der Waals surface area contributed by atoms with Crippen molar-refractivity contribution in [2.24, 2.45) is 5.92 Å². The zero-order valence-electron chi connectivity index (χ0n) is 25.1. The highest BCUT2D eigenvalue weighted by molar-refractivity contribution is 7.92. The molecule has 226 valence electrons. The van der Waals surface area contributed by atoms with Crippen molar-refractivity contribution in [1.29, 1.82) is 0 Å². The minimum Gasteiger partial charge on any atom is -0.354 e. The molecule has 0 fully saturated rings. The Hall–Kier alpha value is -3.72. The van der Waals surface area contributed by atoms with Gasteiger partial charge in [-0.25, -0.2) is 12.8 Å². The lowest BCUT2D eigenvalue weighted by Gasteiger charge is -2.32. The van der Waals surface area contributed by atoms with Gasteiger partial charge in [-0.1, -0.05) is 62.4 Å². The van der Waals surface area contributed by atoms with Crippen LogP contribution in [0.2, 0.25) is 0 Å². The number of rotatable bonds is 14. The molecule has 0 aliphatic carbocycles. The Morgan fingerprint density at radius 2 is 1.57 bits per heavy atom. The first kappa shape index (κ1) is 32.8. The van der Waals surface area contributed by atoms with Crippen LogP contribution < -0.4 is 9.62 Å². The number of amides is 2. The van der Waals surface area contributed by atoms with Crippen LogP contribution in [0.5, 0.6) is 0 Å². The molecule has 0 saturated carbocycles. The van der Waals surface area contributed by atoms with E-state index < -0.39 is 16.1 Å². The van der Waals surface area contributed by atoms with E-state index in [1.165, 1.54) is 21.3 Å². The Morgan fingerprint density at radius 1 is 0.905 bits per heavy atom. The topological polar surface area (TPSA) is 86.8 Å². The lowest BCUT2D eigenvalue weighted by atomic mass is 10.0. The number of aryl methyl sites for hydroxylation is 2. The van der Waals surface area contributed by atoms with Crippen molar-refractivity contribution in [3.8, 4) is 0 Å². The molecule has 0 spiro atoms. The van der Waals surface area contributed by atoms with Crippen LogP contribution in [0.1, 0.15) is 48.9 Å². The van der Waals surface area contributed by atoms with Crippen molar-refractivity contribution in [2.45, 2.75) is 59.5 Å². The number of carbonyl (C=O) groups is 2. The second-order valence-corrected chi connectivity index (χ2v) is 13.1. The molecule has 3 aromatic rings. The zero-order chi connectivity index (χ0) is 30.9. The van der Waals surface area contributed by atoms with Gasteiger partial charge in [-0.05, 0) is 72.7 Å². The maximum atomic E-state index is 13.9. The summed E-state index contributed by atoms with van der Waals surface area (Å²) < 4.78 is 40.3. The van der Waals surface area contributed by atoms with Gasteiger partial charge >= 0.3 is 0 Å². The molecular formula is C33H42FN3O4S. The summed E-state index contributed by atoms with van der Waals surface area (Å²) in [5.74, 6) is -0.719. The Morgan fingerprint density at radius 3 is 2.17 bits per heavy atom. The average molecular weight is 596 g/mol. The molecule has 1 N–H and O–H groups in total. The van der Waals surface area contributed by atoms with Crippen LogP contribution in [0.25, 0.3) is 0 Å². The summed E-state index contributed by atoms with van der Waals surface area (Å²) in [5, 5.41) is 2.98. The maximum absolute atomic E-state index is 13.9. The van der Waals surface area contributed by atoms with Gasteiger partial charge in [-0.2, -0.15) is 0 Å². The number of carbonyl (C=O) groups excluding carboxylic acids is 2. The molecule has 0 heterocycles. The third-order valence-electron chi connectivity index (χ3n) is 7.15. The summed E-state index contributed by atoms with van der Waals surface area (Å²) >= 11 is 0. The van der Waals surface area contributed by atoms with Gasteiger partial charge in [-0.15, -0.1) is 0 Å². The molecule has 3 aromatic carbocycles. The third-order valence-corrected chi connectivity index (χ3v) is 8.35. The second-order valence-electron chi connectivity index (χ2n) is 11.2. The van der Waals surface area contributed by atoms with E-state index in [0.717, 1.165) is 22.9 Å². The van der Waals surface area contributed by atoms with Crippen LogP contribution in [-0.4, -0.2) is 50.5 Å². The molecule has 42 heavy (non-hydrogen) atoms. The monoisotopic (exact) mass is 595 g/mol. The highest BCUT2D eigenvalue weighted by Crippen LogP contribution is 2.23. The van der Waals surface area contributed by atoms with E-state index in [0.29, 0.717) is 24.2 Å². The number of hydrogen-bond donors (Lipinski definition) is 1. The van der Waals surface area contributed by atoms with Gasteiger partial charge < -0.3 is 10.2 Å². The number of halogens is 1. The largest absolute Gasteiger partial charge is 0.354 e. The van der Waals surface area contributed by atoms with Crippen LogP contribution in [0.3, 0.4) is 0 Å². The van der Waals surface area contributed by atoms with Crippen molar-refractivity contribution < 1.29 is 22.4 Å². The molecule has 0 radical (unpaired) electrons. The van der Waals surface area contributed by atoms with Gasteiger partial charge in [0.2, 0.25) is 21.8 Å². The van der Waals surface area contributed by atoms with E-state index in [4.69, 9.17) is 0 Å². The normalized spacial score (nSPS) is 12.2. The smallest absolute Gasteiger partial charge is 0.243 e. The van der Waals surface area contributed by atoms with Crippen LogP contribution in [0.15, 0.2) is 72.8 Å². The highest BCUT2D eigenvalue weighted by Gasteiger charge is 2.30. The van der Waals surface area contributed by atoms with Gasteiger partial charge in [0.25, 0.3) is 0 Å². The number of benzene rings is 3. The first-order valence-corrected chi connectivity index (χ1v) is 16.1. The molecule has 0 bridgehead atoms. The van der Waals surface area contributed by atoms with Crippen molar-refractivity contribution in [1.82, 2.24) is 10.2 Å². The Kier molecular flexibility index (Phi) is 11.7. The molecule has 0 aliphatic rings. The Bertz CT molecular complexity index is 1440. The number of anilines is 1. The van der Waals surface area contributed by atoms with Crippen molar-refractivity contribution >= 4 is 27.5 Å². The summed E-state index contributed by atoms with van der Waals surface area (Å²) in [4.78, 5) is 28.9. The SMILES string of the molecule is Cc1ccc(N(CCCC(=O)N(Cc2ccc(F)cc2)[C@H](Cc2ccccc2)C(=O)NCC(C)C)S(C)(=O)=O)cc1C. The molecule has 0 saturated heterocycles. The quantitative estimate of drug-likeness (QED) is 0.270. The van der Waals surface area contributed by atoms with E-state index in [1.54, 1.807) is 18.2 Å². The van der Waals surface area contributed by atoms with Crippen LogP contribution in [0.4, 0.5) is 10.1 Å². The Labute approximate surface area is 249 Å². The number of nitrogens with one attached hydrogen (secondary N) is 1. The second kappa shape index (κ2) is 15.0. The first-order valence-electron chi connectivity index (χ1n) is 14.3. The van der Waals surface area contributed by atoms with E-state index in [9.17, 15) is 22.4 Å². The van der Waals surface area contributed by atoms with E-state index in [1.807, 2.05) is 70.2 Å². The van der Waals surface area contributed by atoms with Crippen LogP contribution in [0, 0.1) is 25.6 Å². The molecule has 1 atom stereocenters. The summed E-state index contributed by atoms with van der Waals surface area (Å²) in [6.45, 7) is 8.56. The summed E-state index contributed by atoms with van der Waals surface area (Å²) in [5.41, 5.74) is 4.16. The van der Waals surface area contributed by atoms with Gasteiger partial charge in [0.05, 0.1) is 11.9 Å². The van der Waals surface area contributed by atoms with Crippen LogP contribution >= 0.6 is 0 Å². The third kappa shape index (κ3) is 9.69. The molecule has 3 rings (SSSR count). The number of nitrogens with zero attached hydrogens (tertiary/aromatic N) is 2. The lowest BCUT2D eigenvalue weighted by Crippen LogP contribution is -2.51. The van der Waals surface area contributed by atoms with Gasteiger partial charge in [-0.3, -0.25) is 13.9 Å². The van der Waals surface area contributed by atoms with Crippen molar-refractivity contribution in [3.63, 3.8) is 0 Å². The number of hydrogen-bond acceptors (Lipinski definition) is 4. The molecular weight excluding hydrogens is 553 g/mol. The molecule has 0 aliphatic heterocycles. The van der Waals surface area contributed by atoms with E-state index in [-0.39, 0.29) is 49.5 Å². The summed E-state index contributed by atoms with van der Waals surface area (Å²) in [6.07, 6.45) is 1.74. The predicted molar refractivity (Wildman–Crippen MR) is 166 cm³/mol. The summed E-state index contributed by atoms with van der Waals surface area (Å²) in [6, 6.07) is 20.0. The first-order chi connectivity index (χ1) is 19.8. The fourth-order valence-corrected chi connectivity index (χ4v) is 5.60. The molecule has 0 unspecified atom stereocenters. The fourth-order valence-electron chi connectivity index (χ4n) is 4.65.